The van der Waals surface area contributed by atoms with Gasteiger partial charge in [-0.3, -0.25) is 4.79 Å². The molecule has 8 heteroatoms. The predicted molar refractivity (Wildman–Crippen MR) is 107 cm³/mol. The molecule has 3 aromatic rings. The highest BCUT2D eigenvalue weighted by atomic mass is 19.3. The maximum Gasteiger partial charge on any atom is 0.387 e. The standard InChI is InChI=1S/C22H23F2N3O3/c1-14(2)15-7-9-16(10-8-15)21-26-20(30-27-21)12-11-19(28)25-13-17-5-3-4-6-18(17)29-22(23)24/h3-10,14,22H,11-13H2,1-2H3,(H,25,28). The van der Waals surface area contributed by atoms with Gasteiger partial charge in [0.05, 0.1) is 0 Å². The minimum absolute atomic E-state index is 0.0397. The highest BCUT2D eigenvalue weighted by Crippen LogP contribution is 2.21. The molecular weight excluding hydrogens is 392 g/mol. The maximum atomic E-state index is 12.5. The molecule has 0 saturated carbocycles. The van der Waals surface area contributed by atoms with Gasteiger partial charge in [-0.2, -0.15) is 13.8 Å². The quantitative estimate of drug-likeness (QED) is 0.548. The summed E-state index contributed by atoms with van der Waals surface area (Å²) >= 11 is 0. The molecule has 0 unspecified atom stereocenters. The molecule has 1 heterocycles. The van der Waals surface area contributed by atoms with Crippen molar-refractivity contribution in [3.8, 4) is 17.1 Å². The van der Waals surface area contributed by atoms with Crippen LogP contribution in [0.3, 0.4) is 0 Å². The number of benzene rings is 2. The van der Waals surface area contributed by atoms with Crippen molar-refractivity contribution in [2.24, 2.45) is 0 Å². The molecule has 1 amide bonds. The Morgan fingerprint density at radius 1 is 1.13 bits per heavy atom. The average Bonchev–Trinajstić information content (AvgIpc) is 3.20. The first-order valence-corrected chi connectivity index (χ1v) is 9.64. The van der Waals surface area contributed by atoms with Gasteiger partial charge in [-0.15, -0.1) is 0 Å². The molecule has 0 fully saturated rings. The van der Waals surface area contributed by atoms with Crippen molar-refractivity contribution in [2.75, 3.05) is 0 Å². The minimum atomic E-state index is -2.92. The fourth-order valence-corrected chi connectivity index (χ4v) is 2.85. The van der Waals surface area contributed by atoms with Gasteiger partial charge < -0.3 is 14.6 Å². The van der Waals surface area contributed by atoms with Crippen LogP contribution in [0.25, 0.3) is 11.4 Å². The van der Waals surface area contributed by atoms with Crippen molar-refractivity contribution in [1.82, 2.24) is 15.5 Å². The van der Waals surface area contributed by atoms with Gasteiger partial charge in [0.15, 0.2) is 0 Å². The molecule has 0 aliphatic carbocycles. The molecule has 0 aliphatic heterocycles. The number of hydrogen-bond acceptors (Lipinski definition) is 5. The van der Waals surface area contributed by atoms with E-state index < -0.39 is 6.61 Å². The lowest BCUT2D eigenvalue weighted by Gasteiger charge is -2.11. The smallest absolute Gasteiger partial charge is 0.387 e. The van der Waals surface area contributed by atoms with Crippen molar-refractivity contribution >= 4 is 5.91 Å². The van der Waals surface area contributed by atoms with Gasteiger partial charge >= 0.3 is 6.61 Å². The summed E-state index contributed by atoms with van der Waals surface area (Å²) in [4.78, 5) is 16.4. The molecule has 0 aliphatic rings. The number of nitrogens with zero attached hydrogens (tertiary/aromatic N) is 2. The Bertz CT molecular complexity index is 972. The summed E-state index contributed by atoms with van der Waals surface area (Å²) in [5, 5.41) is 6.65. The Hall–Kier alpha value is -3.29. The minimum Gasteiger partial charge on any atom is -0.434 e. The zero-order valence-corrected chi connectivity index (χ0v) is 16.8. The number of nitrogens with one attached hydrogen (secondary N) is 1. The molecule has 0 atom stereocenters. The summed E-state index contributed by atoms with van der Waals surface area (Å²) in [6, 6.07) is 14.3. The van der Waals surface area contributed by atoms with Crippen LogP contribution in [-0.4, -0.2) is 22.7 Å². The highest BCUT2D eigenvalue weighted by molar-refractivity contribution is 5.76. The summed E-state index contributed by atoms with van der Waals surface area (Å²) in [6.45, 7) is 1.41. The van der Waals surface area contributed by atoms with Gasteiger partial charge in [-0.25, -0.2) is 0 Å². The summed E-state index contributed by atoms with van der Waals surface area (Å²) < 4.78 is 34.6. The first kappa shape index (κ1) is 21.4. The fraction of sp³-hybridized carbons (Fsp3) is 0.318. The Balaban J connectivity index is 1.51. The number of halogens is 2. The number of carbonyl (C=O) groups excluding carboxylic acids is 1. The van der Waals surface area contributed by atoms with Crippen LogP contribution in [0.1, 0.15) is 43.2 Å². The third kappa shape index (κ3) is 5.85. The molecule has 6 nitrogen and oxygen atoms in total. The van der Waals surface area contributed by atoms with Gasteiger partial charge in [0.1, 0.15) is 5.75 Å². The Morgan fingerprint density at radius 2 is 1.87 bits per heavy atom. The number of para-hydroxylation sites is 1. The molecular formula is C22H23F2N3O3. The molecule has 1 N–H and O–H groups in total. The van der Waals surface area contributed by atoms with Crippen molar-refractivity contribution in [2.45, 2.75) is 45.8 Å². The third-order valence-corrected chi connectivity index (χ3v) is 4.53. The number of carbonyl (C=O) groups is 1. The van der Waals surface area contributed by atoms with Crippen LogP contribution >= 0.6 is 0 Å². The predicted octanol–water partition coefficient (Wildman–Crippen LogP) is 4.71. The number of alkyl halides is 2. The average molecular weight is 415 g/mol. The number of amides is 1. The van der Waals surface area contributed by atoms with Gasteiger partial charge in [0.25, 0.3) is 0 Å². The molecule has 1 aromatic heterocycles. The molecule has 2 aromatic carbocycles. The number of ether oxygens (including phenoxy) is 1. The van der Waals surface area contributed by atoms with Crippen molar-refractivity contribution < 1.29 is 22.8 Å². The van der Waals surface area contributed by atoms with Crippen molar-refractivity contribution in [3.63, 3.8) is 0 Å². The van der Waals surface area contributed by atoms with Crippen LogP contribution in [-0.2, 0) is 17.8 Å². The van der Waals surface area contributed by atoms with E-state index in [1.807, 2.05) is 24.3 Å². The second-order valence-corrected chi connectivity index (χ2v) is 7.05. The molecule has 30 heavy (non-hydrogen) atoms. The van der Waals surface area contributed by atoms with Crippen LogP contribution in [0.4, 0.5) is 8.78 Å². The second kappa shape index (κ2) is 9.96. The van der Waals surface area contributed by atoms with Crippen LogP contribution in [0.5, 0.6) is 5.75 Å². The van der Waals surface area contributed by atoms with E-state index in [2.05, 4.69) is 34.0 Å². The lowest BCUT2D eigenvalue weighted by atomic mass is 10.0. The molecule has 0 radical (unpaired) electrons. The Labute approximate surface area is 173 Å². The van der Waals surface area contributed by atoms with Gasteiger partial charge in [-0.1, -0.05) is 61.5 Å². The molecule has 0 bridgehead atoms. The van der Waals surface area contributed by atoms with Crippen molar-refractivity contribution in [1.29, 1.82) is 0 Å². The molecule has 0 saturated heterocycles. The van der Waals surface area contributed by atoms with Gasteiger partial charge in [-0.05, 0) is 17.5 Å². The largest absolute Gasteiger partial charge is 0.434 e. The van der Waals surface area contributed by atoms with Crippen LogP contribution in [0.15, 0.2) is 53.1 Å². The summed E-state index contributed by atoms with van der Waals surface area (Å²) in [6.07, 6.45) is 0.407. The van der Waals surface area contributed by atoms with E-state index >= 15 is 0 Å². The normalized spacial score (nSPS) is 11.1. The zero-order chi connectivity index (χ0) is 21.5. The molecule has 3 rings (SSSR count). The topological polar surface area (TPSA) is 77.2 Å². The number of rotatable bonds is 9. The van der Waals surface area contributed by atoms with Gasteiger partial charge in [0.2, 0.25) is 17.6 Å². The van der Waals surface area contributed by atoms with Gasteiger partial charge in [0, 0.05) is 30.5 Å². The Kier molecular flexibility index (Phi) is 7.11. The lowest BCUT2D eigenvalue weighted by Crippen LogP contribution is -2.23. The van der Waals surface area contributed by atoms with Crippen molar-refractivity contribution in [3.05, 3.63) is 65.5 Å². The van der Waals surface area contributed by atoms with Crippen LogP contribution in [0, 0.1) is 0 Å². The number of aromatic nitrogens is 2. The van der Waals surface area contributed by atoms with E-state index in [0.717, 1.165) is 5.56 Å². The molecule has 158 valence electrons. The number of aryl methyl sites for hydroxylation is 1. The highest BCUT2D eigenvalue weighted by Gasteiger charge is 2.13. The monoisotopic (exact) mass is 415 g/mol. The first-order chi connectivity index (χ1) is 14.4. The van der Waals surface area contributed by atoms with E-state index in [9.17, 15) is 13.6 Å². The van der Waals surface area contributed by atoms with E-state index in [1.54, 1.807) is 18.2 Å². The van der Waals surface area contributed by atoms with E-state index in [-0.39, 0.29) is 31.0 Å². The lowest BCUT2D eigenvalue weighted by molar-refractivity contribution is -0.121. The van der Waals surface area contributed by atoms with E-state index in [1.165, 1.54) is 11.6 Å². The maximum absolute atomic E-state index is 12.5. The van der Waals surface area contributed by atoms with E-state index in [0.29, 0.717) is 23.2 Å². The second-order valence-electron chi connectivity index (χ2n) is 7.05. The van der Waals surface area contributed by atoms with Crippen LogP contribution < -0.4 is 10.1 Å². The van der Waals surface area contributed by atoms with Crippen LogP contribution in [0.2, 0.25) is 0 Å². The first-order valence-electron chi connectivity index (χ1n) is 9.64. The Morgan fingerprint density at radius 3 is 2.57 bits per heavy atom. The summed E-state index contributed by atoms with van der Waals surface area (Å²) in [7, 11) is 0. The third-order valence-electron chi connectivity index (χ3n) is 4.53. The summed E-state index contributed by atoms with van der Waals surface area (Å²) in [5.41, 5.74) is 2.53. The summed E-state index contributed by atoms with van der Waals surface area (Å²) in [5.74, 6) is 1.04. The SMILES string of the molecule is CC(C)c1ccc(-c2noc(CCC(=O)NCc3ccccc3OC(F)F)n2)cc1. The number of hydrogen-bond donors (Lipinski definition) is 1. The molecule has 0 spiro atoms. The zero-order valence-electron chi connectivity index (χ0n) is 16.8. The fourth-order valence-electron chi connectivity index (χ4n) is 2.85. The van der Waals surface area contributed by atoms with E-state index in [4.69, 9.17) is 4.52 Å².